The third-order valence-electron chi connectivity index (χ3n) is 3.26. The highest BCUT2D eigenvalue weighted by Gasteiger charge is 2.25. The van der Waals surface area contributed by atoms with Gasteiger partial charge in [-0.15, -0.1) is 12.4 Å². The number of hydrogen-bond acceptors (Lipinski definition) is 2. The zero-order chi connectivity index (χ0) is 13.3. The maximum absolute atomic E-state index is 13.5. The van der Waals surface area contributed by atoms with Gasteiger partial charge in [-0.25, -0.2) is 4.39 Å². The Labute approximate surface area is 119 Å². The molecular weight excluding hydrogens is 267 g/mol. The van der Waals surface area contributed by atoms with Gasteiger partial charge in [0.1, 0.15) is 5.82 Å². The van der Waals surface area contributed by atoms with E-state index in [0.29, 0.717) is 24.2 Å². The Morgan fingerprint density at radius 3 is 2.42 bits per heavy atom. The van der Waals surface area contributed by atoms with E-state index in [1.54, 1.807) is 24.0 Å². The zero-order valence-corrected chi connectivity index (χ0v) is 12.3. The first-order chi connectivity index (χ1) is 8.47. The molecular formula is C14H20ClFN2O. The van der Waals surface area contributed by atoms with Crippen LogP contribution in [0.5, 0.6) is 0 Å². The predicted molar refractivity (Wildman–Crippen MR) is 76.3 cm³/mol. The van der Waals surface area contributed by atoms with Gasteiger partial charge in [0.25, 0.3) is 5.91 Å². The monoisotopic (exact) mass is 286 g/mol. The van der Waals surface area contributed by atoms with E-state index < -0.39 is 0 Å². The summed E-state index contributed by atoms with van der Waals surface area (Å²) in [4.78, 5) is 14.1. The van der Waals surface area contributed by atoms with Crippen LogP contribution in [-0.4, -0.2) is 36.0 Å². The van der Waals surface area contributed by atoms with Crippen molar-refractivity contribution in [3.05, 3.63) is 35.1 Å². The average molecular weight is 287 g/mol. The molecule has 1 heterocycles. The van der Waals surface area contributed by atoms with Crippen molar-refractivity contribution in [2.45, 2.75) is 32.9 Å². The van der Waals surface area contributed by atoms with Crippen molar-refractivity contribution in [3.63, 3.8) is 0 Å². The molecule has 0 bridgehead atoms. The number of piperazine rings is 1. The number of aryl methyl sites for hydroxylation is 1. The summed E-state index contributed by atoms with van der Waals surface area (Å²) in [5, 5.41) is 3.37. The Morgan fingerprint density at radius 1 is 1.32 bits per heavy atom. The van der Waals surface area contributed by atoms with Crippen LogP contribution in [0.25, 0.3) is 0 Å². The fourth-order valence-corrected chi connectivity index (χ4v) is 2.40. The highest BCUT2D eigenvalue weighted by atomic mass is 35.5. The summed E-state index contributed by atoms with van der Waals surface area (Å²) in [6.45, 7) is 7.12. The number of amides is 1. The van der Waals surface area contributed by atoms with Crippen LogP contribution in [0.4, 0.5) is 4.39 Å². The highest BCUT2D eigenvalue weighted by molar-refractivity contribution is 5.94. The first-order valence-corrected chi connectivity index (χ1v) is 6.29. The summed E-state index contributed by atoms with van der Waals surface area (Å²) in [6.07, 6.45) is 0. The molecule has 3 nitrogen and oxygen atoms in total. The van der Waals surface area contributed by atoms with Crippen molar-refractivity contribution >= 4 is 18.3 Å². The lowest BCUT2D eigenvalue weighted by Crippen LogP contribution is -2.55. The number of carbonyl (C=O) groups excluding carboxylic acids is 1. The second-order valence-corrected chi connectivity index (χ2v) is 5.14. The summed E-state index contributed by atoms with van der Waals surface area (Å²) >= 11 is 0. The molecule has 5 heteroatoms. The van der Waals surface area contributed by atoms with Crippen LogP contribution in [0.3, 0.4) is 0 Å². The van der Waals surface area contributed by atoms with Crippen LogP contribution >= 0.6 is 12.4 Å². The number of halogens is 2. The van der Waals surface area contributed by atoms with Crippen LogP contribution in [-0.2, 0) is 0 Å². The fourth-order valence-electron chi connectivity index (χ4n) is 2.40. The molecule has 0 aliphatic carbocycles. The van der Waals surface area contributed by atoms with Crippen LogP contribution in [0, 0.1) is 12.7 Å². The number of rotatable bonds is 1. The van der Waals surface area contributed by atoms with Gasteiger partial charge in [0.05, 0.1) is 0 Å². The SMILES string of the molecule is Cc1ccc(C(=O)N2CC(C)NC(C)C2)cc1F.Cl. The van der Waals surface area contributed by atoms with Crippen LogP contribution < -0.4 is 5.32 Å². The Kier molecular flexibility index (Phi) is 5.32. The molecule has 0 saturated carbocycles. The van der Waals surface area contributed by atoms with Crippen molar-refractivity contribution in [1.82, 2.24) is 10.2 Å². The molecule has 2 rings (SSSR count). The molecule has 1 aliphatic rings. The van der Waals surface area contributed by atoms with E-state index in [1.165, 1.54) is 6.07 Å². The van der Waals surface area contributed by atoms with Crippen LogP contribution in [0.15, 0.2) is 18.2 Å². The van der Waals surface area contributed by atoms with Gasteiger partial charge in [-0.05, 0) is 38.5 Å². The second kappa shape index (κ2) is 6.35. The van der Waals surface area contributed by atoms with E-state index in [2.05, 4.69) is 5.32 Å². The van der Waals surface area contributed by atoms with Gasteiger partial charge >= 0.3 is 0 Å². The van der Waals surface area contributed by atoms with Crippen molar-refractivity contribution in [3.8, 4) is 0 Å². The van der Waals surface area contributed by atoms with Gasteiger partial charge in [-0.1, -0.05) is 6.07 Å². The van der Waals surface area contributed by atoms with Gasteiger partial charge in [-0.3, -0.25) is 4.79 Å². The number of benzene rings is 1. The summed E-state index contributed by atoms with van der Waals surface area (Å²) in [7, 11) is 0. The van der Waals surface area contributed by atoms with E-state index in [1.807, 2.05) is 13.8 Å². The lowest BCUT2D eigenvalue weighted by atomic mass is 10.1. The third-order valence-corrected chi connectivity index (χ3v) is 3.26. The van der Waals surface area contributed by atoms with Gasteiger partial charge < -0.3 is 10.2 Å². The maximum atomic E-state index is 13.5. The molecule has 0 spiro atoms. The lowest BCUT2D eigenvalue weighted by Gasteiger charge is -2.36. The summed E-state index contributed by atoms with van der Waals surface area (Å²) < 4.78 is 13.5. The molecule has 0 radical (unpaired) electrons. The van der Waals surface area contributed by atoms with E-state index in [-0.39, 0.29) is 36.2 Å². The molecule has 1 aliphatic heterocycles. The van der Waals surface area contributed by atoms with E-state index >= 15 is 0 Å². The minimum Gasteiger partial charge on any atom is -0.336 e. The van der Waals surface area contributed by atoms with E-state index in [0.717, 1.165) is 0 Å². The molecule has 2 atom stereocenters. The Morgan fingerprint density at radius 2 is 1.89 bits per heavy atom. The quantitative estimate of drug-likeness (QED) is 0.860. The number of carbonyl (C=O) groups is 1. The minimum atomic E-state index is -0.322. The van der Waals surface area contributed by atoms with Gasteiger partial charge in [0.2, 0.25) is 0 Å². The summed E-state index contributed by atoms with van der Waals surface area (Å²) in [5.41, 5.74) is 0.994. The van der Waals surface area contributed by atoms with Crippen molar-refractivity contribution in [1.29, 1.82) is 0 Å². The summed E-state index contributed by atoms with van der Waals surface area (Å²) in [5.74, 6) is -0.411. The molecule has 106 valence electrons. The predicted octanol–water partition coefficient (Wildman–Crippen LogP) is 2.38. The number of nitrogens with zero attached hydrogens (tertiary/aromatic N) is 1. The van der Waals surface area contributed by atoms with Crippen molar-refractivity contribution in [2.24, 2.45) is 0 Å². The standard InChI is InChI=1S/C14H19FN2O.ClH/c1-9-4-5-12(6-13(9)15)14(18)17-7-10(2)16-11(3)8-17;/h4-6,10-11,16H,7-8H2,1-3H3;1H. The fraction of sp³-hybridized carbons (Fsp3) is 0.500. The minimum absolute atomic E-state index is 0. The smallest absolute Gasteiger partial charge is 0.254 e. The lowest BCUT2D eigenvalue weighted by molar-refractivity contribution is 0.0673. The number of nitrogens with one attached hydrogen (secondary N) is 1. The first kappa shape index (κ1) is 15.9. The molecule has 19 heavy (non-hydrogen) atoms. The average Bonchev–Trinajstić information content (AvgIpc) is 2.30. The third kappa shape index (κ3) is 3.67. The van der Waals surface area contributed by atoms with E-state index in [9.17, 15) is 9.18 Å². The first-order valence-electron chi connectivity index (χ1n) is 6.29. The molecule has 1 amide bonds. The number of hydrogen-bond donors (Lipinski definition) is 1. The Balaban J connectivity index is 0.00000180. The van der Waals surface area contributed by atoms with E-state index in [4.69, 9.17) is 0 Å². The van der Waals surface area contributed by atoms with Crippen molar-refractivity contribution in [2.75, 3.05) is 13.1 Å². The topological polar surface area (TPSA) is 32.3 Å². The zero-order valence-electron chi connectivity index (χ0n) is 11.4. The Hall–Kier alpha value is -1.13. The molecule has 1 saturated heterocycles. The van der Waals surface area contributed by atoms with Crippen LogP contribution in [0.1, 0.15) is 29.8 Å². The molecule has 1 aromatic rings. The molecule has 1 aromatic carbocycles. The second-order valence-electron chi connectivity index (χ2n) is 5.14. The van der Waals surface area contributed by atoms with Crippen LogP contribution in [0.2, 0.25) is 0 Å². The molecule has 2 unspecified atom stereocenters. The van der Waals surface area contributed by atoms with Gasteiger partial charge in [0, 0.05) is 30.7 Å². The molecule has 1 N–H and O–H groups in total. The van der Waals surface area contributed by atoms with Gasteiger partial charge in [-0.2, -0.15) is 0 Å². The van der Waals surface area contributed by atoms with Gasteiger partial charge in [0.15, 0.2) is 0 Å². The Bertz CT molecular complexity index is 457. The highest BCUT2D eigenvalue weighted by Crippen LogP contribution is 2.14. The maximum Gasteiger partial charge on any atom is 0.254 e. The molecule has 0 aromatic heterocycles. The largest absolute Gasteiger partial charge is 0.336 e. The van der Waals surface area contributed by atoms with Crippen molar-refractivity contribution < 1.29 is 9.18 Å². The normalized spacial score (nSPS) is 22.8. The summed E-state index contributed by atoms with van der Waals surface area (Å²) in [6, 6.07) is 5.21. The molecule has 1 fully saturated rings.